The molecule has 0 spiro atoms. The van der Waals surface area contributed by atoms with Gasteiger partial charge in [0, 0.05) is 17.7 Å². The zero-order valence-corrected chi connectivity index (χ0v) is 16.1. The van der Waals surface area contributed by atoms with E-state index in [2.05, 4.69) is 0 Å². The average Bonchev–Trinajstić information content (AvgIpc) is 2.58. The molecule has 0 amide bonds. The van der Waals surface area contributed by atoms with Crippen molar-refractivity contribution in [3.8, 4) is 0 Å². The third-order valence-electron chi connectivity index (χ3n) is 3.35. The Bertz CT molecular complexity index is 957. The monoisotopic (exact) mass is 454 g/mol. The Morgan fingerprint density at radius 2 is 1.41 bits per heavy atom. The van der Waals surface area contributed by atoms with Crippen molar-refractivity contribution >= 4 is 56.3 Å². The van der Waals surface area contributed by atoms with E-state index in [0.29, 0.717) is 0 Å². The summed E-state index contributed by atoms with van der Waals surface area (Å²) < 4.78 is 27.6. The predicted molar refractivity (Wildman–Crippen MR) is 97.4 cm³/mol. The summed E-state index contributed by atoms with van der Waals surface area (Å²) in [6.07, 6.45) is 0. The highest BCUT2D eigenvalue weighted by molar-refractivity contribution is 7.86. The summed E-state index contributed by atoms with van der Waals surface area (Å²) in [5, 5.41) is 22.1. The van der Waals surface area contributed by atoms with E-state index in [9.17, 15) is 28.6 Å². The molecule has 0 aliphatic heterocycles. The van der Waals surface area contributed by atoms with Gasteiger partial charge in [-0.05, 0) is 18.2 Å². The Balaban J connectivity index is 2.33. The molecule has 0 saturated heterocycles. The van der Waals surface area contributed by atoms with E-state index in [0.717, 1.165) is 30.3 Å². The first-order valence-electron chi connectivity index (χ1n) is 6.91. The van der Waals surface area contributed by atoms with Gasteiger partial charge in [-0.3, -0.25) is 24.4 Å². The Morgan fingerprint density at radius 3 is 1.81 bits per heavy atom. The van der Waals surface area contributed by atoms with Crippen LogP contribution in [0.15, 0.2) is 47.4 Å². The quantitative estimate of drug-likeness (QED) is 0.275. The van der Waals surface area contributed by atoms with E-state index < -0.39 is 47.3 Å². The summed E-state index contributed by atoms with van der Waals surface area (Å²) in [5.74, 6) is 0. The highest BCUT2D eigenvalue weighted by atomic mass is 35.6. The van der Waals surface area contributed by atoms with Crippen molar-refractivity contribution in [3.63, 3.8) is 0 Å². The maximum absolute atomic E-state index is 12.3. The predicted octanol–water partition coefficient (Wildman–Crippen LogP) is 4.24. The van der Waals surface area contributed by atoms with Gasteiger partial charge in [0.25, 0.3) is 21.5 Å². The van der Waals surface area contributed by atoms with Crippen LogP contribution >= 0.6 is 34.8 Å². The van der Waals surface area contributed by atoms with Gasteiger partial charge in [-0.15, -0.1) is 0 Å². The Hall–Kier alpha value is -1.98. The molecule has 2 aromatic carbocycles. The second-order valence-electron chi connectivity index (χ2n) is 5.03. The lowest BCUT2D eigenvalue weighted by molar-refractivity contribution is -0.396. The third kappa shape index (κ3) is 5.05. The molecule has 0 fully saturated rings. The van der Waals surface area contributed by atoms with Crippen molar-refractivity contribution in [1.82, 2.24) is 0 Å². The first-order valence-corrected chi connectivity index (χ1v) is 9.45. The Labute approximate surface area is 167 Å². The molecular weight excluding hydrogens is 447 g/mol. The van der Waals surface area contributed by atoms with Crippen LogP contribution in [0.2, 0.25) is 0 Å². The molecule has 0 heterocycles. The molecule has 2 aromatic rings. The number of rotatable bonds is 6. The molecule has 0 aromatic heterocycles. The van der Waals surface area contributed by atoms with E-state index in [4.69, 9.17) is 39.0 Å². The second-order valence-corrected chi connectivity index (χ2v) is 8.92. The largest absolute Gasteiger partial charge is 0.297 e. The van der Waals surface area contributed by atoms with Gasteiger partial charge in [-0.25, -0.2) is 0 Å². The van der Waals surface area contributed by atoms with Gasteiger partial charge in [0.05, 0.1) is 14.7 Å². The van der Waals surface area contributed by atoms with Crippen LogP contribution in [0.3, 0.4) is 0 Å². The molecule has 0 unspecified atom stereocenters. The summed E-state index contributed by atoms with van der Waals surface area (Å²) in [6.45, 7) is -0.901. The normalized spacial score (nSPS) is 12.0. The van der Waals surface area contributed by atoms with Gasteiger partial charge in [0.2, 0.25) is 3.79 Å². The molecule has 13 heteroatoms. The molecule has 144 valence electrons. The maximum Gasteiger partial charge on any atom is 0.297 e. The summed E-state index contributed by atoms with van der Waals surface area (Å²) >= 11 is 17.0. The molecule has 9 nitrogen and oxygen atoms in total. The van der Waals surface area contributed by atoms with Gasteiger partial charge in [-0.2, -0.15) is 8.42 Å². The van der Waals surface area contributed by atoms with Crippen LogP contribution in [0.5, 0.6) is 0 Å². The molecule has 0 radical (unpaired) electrons. The molecule has 0 bridgehead atoms. The summed E-state index contributed by atoms with van der Waals surface area (Å²) in [6, 6.07) is 7.85. The van der Waals surface area contributed by atoms with E-state index >= 15 is 0 Å². The summed E-state index contributed by atoms with van der Waals surface area (Å²) in [7, 11) is -4.38. The van der Waals surface area contributed by atoms with Crippen LogP contribution in [0.25, 0.3) is 0 Å². The third-order valence-corrected chi connectivity index (χ3v) is 5.28. The standard InChI is InChI=1S/C14H9Cl3N2O7S/c15-14(16,17)9-4-6-10(7-5-9)27(24,25)26-8-11-12(18(20)21)2-1-3-13(11)19(22)23/h1-7H,8H2. The van der Waals surface area contributed by atoms with Crippen LogP contribution in [-0.4, -0.2) is 18.3 Å². The van der Waals surface area contributed by atoms with Crippen molar-refractivity contribution in [1.29, 1.82) is 0 Å². The van der Waals surface area contributed by atoms with Gasteiger partial charge < -0.3 is 0 Å². The van der Waals surface area contributed by atoms with E-state index in [1.54, 1.807) is 0 Å². The van der Waals surface area contributed by atoms with Crippen LogP contribution in [0.4, 0.5) is 11.4 Å². The summed E-state index contributed by atoms with van der Waals surface area (Å²) in [5.41, 5.74) is -1.54. The molecular formula is C14H9Cl3N2O7S. The molecule has 2 rings (SSSR count). The molecule has 0 N–H and O–H groups in total. The SMILES string of the molecule is O=[N+]([O-])c1cccc([N+](=O)[O-])c1COS(=O)(=O)c1ccc(C(Cl)(Cl)Cl)cc1. The van der Waals surface area contributed by atoms with Crippen LogP contribution in [-0.2, 0) is 24.7 Å². The number of nitrogens with zero attached hydrogens (tertiary/aromatic N) is 2. The average molecular weight is 456 g/mol. The van der Waals surface area contributed by atoms with E-state index in [1.807, 2.05) is 0 Å². The lowest BCUT2D eigenvalue weighted by Gasteiger charge is -2.12. The Kier molecular flexibility index (Phi) is 6.28. The molecule has 0 aliphatic carbocycles. The van der Waals surface area contributed by atoms with Crippen molar-refractivity contribution in [2.24, 2.45) is 0 Å². The van der Waals surface area contributed by atoms with Gasteiger partial charge in [0.1, 0.15) is 12.2 Å². The van der Waals surface area contributed by atoms with E-state index in [-0.39, 0.29) is 10.5 Å². The molecule has 27 heavy (non-hydrogen) atoms. The fourth-order valence-corrected chi connectivity index (χ4v) is 3.32. The van der Waals surface area contributed by atoms with Crippen molar-refractivity contribution < 1.29 is 22.4 Å². The summed E-state index contributed by atoms with van der Waals surface area (Å²) in [4.78, 5) is 20.1. The topological polar surface area (TPSA) is 130 Å². The fourth-order valence-electron chi connectivity index (χ4n) is 2.07. The first kappa shape index (κ1) is 21.3. The number of alkyl halides is 3. The molecule has 0 saturated carbocycles. The lowest BCUT2D eigenvalue weighted by Crippen LogP contribution is -2.10. The molecule has 0 aliphatic rings. The van der Waals surface area contributed by atoms with Crippen molar-refractivity contribution in [3.05, 3.63) is 73.8 Å². The highest BCUT2D eigenvalue weighted by Crippen LogP contribution is 2.38. The smallest absolute Gasteiger partial charge is 0.261 e. The Morgan fingerprint density at radius 1 is 0.926 bits per heavy atom. The van der Waals surface area contributed by atoms with Crippen molar-refractivity contribution in [2.75, 3.05) is 0 Å². The first-order chi connectivity index (χ1) is 12.4. The van der Waals surface area contributed by atoms with Crippen LogP contribution < -0.4 is 0 Å². The minimum atomic E-state index is -4.38. The van der Waals surface area contributed by atoms with E-state index in [1.165, 1.54) is 12.1 Å². The minimum Gasteiger partial charge on any atom is -0.261 e. The lowest BCUT2D eigenvalue weighted by atomic mass is 10.1. The highest BCUT2D eigenvalue weighted by Gasteiger charge is 2.28. The molecule has 0 atom stereocenters. The minimum absolute atomic E-state index is 0.209. The van der Waals surface area contributed by atoms with Crippen LogP contribution in [0.1, 0.15) is 11.1 Å². The number of halogens is 3. The zero-order chi connectivity index (χ0) is 20.4. The second kappa shape index (κ2) is 7.95. The fraction of sp³-hybridized carbons (Fsp3) is 0.143. The van der Waals surface area contributed by atoms with Gasteiger partial charge in [-0.1, -0.05) is 46.9 Å². The number of benzene rings is 2. The number of hydrogen-bond donors (Lipinski definition) is 0. The van der Waals surface area contributed by atoms with Crippen molar-refractivity contribution in [2.45, 2.75) is 15.3 Å². The number of hydrogen-bond acceptors (Lipinski definition) is 7. The van der Waals surface area contributed by atoms with Crippen LogP contribution in [0, 0.1) is 20.2 Å². The van der Waals surface area contributed by atoms with Gasteiger partial charge >= 0.3 is 0 Å². The maximum atomic E-state index is 12.3. The zero-order valence-electron chi connectivity index (χ0n) is 13.0. The number of nitro benzene ring substituents is 2. The van der Waals surface area contributed by atoms with Gasteiger partial charge in [0.15, 0.2) is 0 Å². The number of nitro groups is 2.